The van der Waals surface area contributed by atoms with Gasteiger partial charge in [-0.1, -0.05) is 43.6 Å². The molecule has 0 radical (unpaired) electrons. The number of nitrogens with one attached hydrogen (secondary N) is 1. The number of halogens is 1. The van der Waals surface area contributed by atoms with Crippen LogP contribution in [0.2, 0.25) is 5.02 Å². The van der Waals surface area contributed by atoms with Gasteiger partial charge < -0.3 is 14.5 Å². The van der Waals surface area contributed by atoms with Gasteiger partial charge >= 0.3 is 0 Å². The summed E-state index contributed by atoms with van der Waals surface area (Å²) in [6, 6.07) is 20.5. The van der Waals surface area contributed by atoms with Gasteiger partial charge in [-0.2, -0.15) is 0 Å². The van der Waals surface area contributed by atoms with Crippen LogP contribution in [0.25, 0.3) is 22.6 Å². The molecule has 5 nitrogen and oxygen atoms in total. The van der Waals surface area contributed by atoms with Gasteiger partial charge in [-0.05, 0) is 66.4 Å². The number of carbonyl (C=O) groups is 1. The fourth-order valence-corrected chi connectivity index (χ4v) is 3.39. The van der Waals surface area contributed by atoms with Crippen molar-refractivity contribution in [1.82, 2.24) is 4.98 Å². The average Bonchev–Trinajstić information content (AvgIpc) is 3.21. The van der Waals surface area contributed by atoms with Crippen LogP contribution < -0.4 is 10.1 Å². The van der Waals surface area contributed by atoms with Crippen molar-refractivity contribution in [1.29, 1.82) is 0 Å². The van der Waals surface area contributed by atoms with Crippen LogP contribution in [0.15, 0.2) is 71.1 Å². The second-order valence-electron chi connectivity index (χ2n) is 7.43. The summed E-state index contributed by atoms with van der Waals surface area (Å²) in [5, 5.41) is 3.45. The first-order valence-corrected chi connectivity index (χ1v) is 10.6. The third kappa shape index (κ3) is 5.06. The predicted molar refractivity (Wildman–Crippen MR) is 124 cm³/mol. The van der Waals surface area contributed by atoms with Crippen LogP contribution in [-0.2, 0) is 4.79 Å². The van der Waals surface area contributed by atoms with E-state index < -0.39 is 0 Å². The molecule has 1 heterocycles. The Morgan fingerprint density at radius 2 is 1.94 bits per heavy atom. The fraction of sp³-hybridized carbons (Fsp3) is 0.200. The smallest absolute Gasteiger partial charge is 0.262 e. The summed E-state index contributed by atoms with van der Waals surface area (Å²) in [6.45, 7) is 4.27. The molecular formula is C25H23ClN2O3. The molecule has 0 unspecified atom stereocenters. The Morgan fingerprint density at radius 1 is 1.13 bits per heavy atom. The quantitative estimate of drug-likeness (QED) is 0.352. The molecule has 0 saturated heterocycles. The molecule has 6 heteroatoms. The van der Waals surface area contributed by atoms with E-state index in [1.54, 1.807) is 18.2 Å². The van der Waals surface area contributed by atoms with Crippen molar-refractivity contribution in [3.05, 3.63) is 77.3 Å². The van der Waals surface area contributed by atoms with E-state index in [0.29, 0.717) is 39.4 Å². The monoisotopic (exact) mass is 434 g/mol. The number of aromatic nitrogens is 1. The Labute approximate surface area is 186 Å². The first-order valence-electron chi connectivity index (χ1n) is 10.2. The van der Waals surface area contributed by atoms with E-state index in [1.165, 1.54) is 5.56 Å². The first kappa shape index (κ1) is 20.9. The molecule has 158 valence electrons. The number of hydrogen-bond donors (Lipinski definition) is 1. The van der Waals surface area contributed by atoms with Gasteiger partial charge in [0.15, 0.2) is 12.2 Å². The minimum absolute atomic E-state index is 0.0751. The van der Waals surface area contributed by atoms with Crippen LogP contribution in [0.3, 0.4) is 0 Å². The Balaban J connectivity index is 1.39. The maximum Gasteiger partial charge on any atom is 0.262 e. The zero-order chi connectivity index (χ0) is 21.8. The molecule has 0 saturated carbocycles. The minimum atomic E-state index is -0.243. The summed E-state index contributed by atoms with van der Waals surface area (Å²) < 4.78 is 11.4. The highest BCUT2D eigenvalue weighted by Crippen LogP contribution is 2.28. The van der Waals surface area contributed by atoms with Crippen molar-refractivity contribution in [3.63, 3.8) is 0 Å². The summed E-state index contributed by atoms with van der Waals surface area (Å²) in [5.74, 6) is 1.39. The molecule has 0 aliphatic heterocycles. The van der Waals surface area contributed by atoms with Crippen LogP contribution in [-0.4, -0.2) is 17.5 Å². The topological polar surface area (TPSA) is 64.4 Å². The first-order chi connectivity index (χ1) is 15.0. The summed E-state index contributed by atoms with van der Waals surface area (Å²) in [5.41, 5.74) is 3.99. The maximum absolute atomic E-state index is 12.3. The van der Waals surface area contributed by atoms with Gasteiger partial charge in [-0.25, -0.2) is 4.98 Å². The van der Waals surface area contributed by atoms with Crippen molar-refractivity contribution in [2.75, 3.05) is 11.9 Å². The molecule has 1 aromatic heterocycles. The van der Waals surface area contributed by atoms with Crippen molar-refractivity contribution in [3.8, 4) is 17.2 Å². The van der Waals surface area contributed by atoms with Crippen molar-refractivity contribution >= 4 is 34.3 Å². The number of fused-ring (bicyclic) bond motifs is 1. The van der Waals surface area contributed by atoms with Gasteiger partial charge in [0.1, 0.15) is 11.3 Å². The standard InChI is InChI=1S/C25H23ClN2O3/c1-3-16(2)17-7-10-21(11-8-17)30-15-24(29)27-20-6-4-5-18(13-20)25-28-22-14-19(26)9-12-23(22)31-25/h4-14,16H,3,15H2,1-2H3,(H,27,29)/t16-/m1/s1. The summed E-state index contributed by atoms with van der Waals surface area (Å²) >= 11 is 6.02. The molecule has 1 N–H and O–H groups in total. The van der Waals surface area contributed by atoms with Gasteiger partial charge in [0.05, 0.1) is 0 Å². The highest BCUT2D eigenvalue weighted by Gasteiger charge is 2.11. The lowest BCUT2D eigenvalue weighted by atomic mass is 9.99. The van der Waals surface area contributed by atoms with Crippen molar-refractivity contribution in [2.24, 2.45) is 0 Å². The van der Waals surface area contributed by atoms with Crippen LogP contribution in [0.5, 0.6) is 5.75 Å². The molecule has 0 spiro atoms. The SMILES string of the molecule is CC[C@@H](C)c1ccc(OCC(=O)Nc2cccc(-c3nc4cc(Cl)ccc4o3)c2)cc1. The van der Waals surface area contributed by atoms with E-state index in [-0.39, 0.29) is 12.5 Å². The van der Waals surface area contributed by atoms with E-state index in [1.807, 2.05) is 48.5 Å². The molecule has 0 fully saturated rings. The van der Waals surface area contributed by atoms with E-state index in [9.17, 15) is 4.79 Å². The van der Waals surface area contributed by atoms with Gasteiger partial charge in [0.2, 0.25) is 5.89 Å². The predicted octanol–water partition coefficient (Wildman–Crippen LogP) is 6.68. The Kier molecular flexibility index (Phi) is 6.23. The molecular weight excluding hydrogens is 412 g/mol. The minimum Gasteiger partial charge on any atom is -0.484 e. The number of carbonyl (C=O) groups excluding carboxylic acids is 1. The van der Waals surface area contributed by atoms with E-state index >= 15 is 0 Å². The largest absolute Gasteiger partial charge is 0.484 e. The number of nitrogens with zero attached hydrogens (tertiary/aromatic N) is 1. The zero-order valence-electron chi connectivity index (χ0n) is 17.4. The lowest BCUT2D eigenvalue weighted by Gasteiger charge is -2.11. The Bertz CT molecular complexity index is 1200. The van der Waals surface area contributed by atoms with Crippen molar-refractivity contribution < 1.29 is 13.9 Å². The number of oxazole rings is 1. The normalized spacial score (nSPS) is 12.0. The molecule has 0 bridgehead atoms. The van der Waals surface area contributed by atoms with E-state index in [0.717, 1.165) is 12.0 Å². The maximum atomic E-state index is 12.3. The summed E-state index contributed by atoms with van der Waals surface area (Å²) in [4.78, 5) is 16.8. The molecule has 3 aromatic carbocycles. The zero-order valence-corrected chi connectivity index (χ0v) is 18.1. The molecule has 4 rings (SSSR count). The molecule has 31 heavy (non-hydrogen) atoms. The van der Waals surface area contributed by atoms with E-state index in [2.05, 4.69) is 24.1 Å². The molecule has 0 aliphatic rings. The second-order valence-corrected chi connectivity index (χ2v) is 7.86. The van der Waals surface area contributed by atoms with Gasteiger partial charge in [0.25, 0.3) is 5.91 Å². The van der Waals surface area contributed by atoms with Gasteiger partial charge in [-0.3, -0.25) is 4.79 Å². The number of ether oxygens (including phenoxy) is 1. The lowest BCUT2D eigenvalue weighted by molar-refractivity contribution is -0.118. The highest BCUT2D eigenvalue weighted by atomic mass is 35.5. The molecule has 1 amide bonds. The van der Waals surface area contributed by atoms with Gasteiger partial charge in [0, 0.05) is 16.3 Å². The Hall–Kier alpha value is -3.31. The van der Waals surface area contributed by atoms with Crippen LogP contribution in [0, 0.1) is 0 Å². The molecule has 4 aromatic rings. The van der Waals surface area contributed by atoms with Crippen LogP contribution in [0.4, 0.5) is 5.69 Å². The number of hydrogen-bond acceptors (Lipinski definition) is 4. The third-order valence-electron chi connectivity index (χ3n) is 5.17. The van der Waals surface area contributed by atoms with Crippen molar-refractivity contribution in [2.45, 2.75) is 26.2 Å². The second kappa shape index (κ2) is 9.23. The fourth-order valence-electron chi connectivity index (χ4n) is 3.23. The lowest BCUT2D eigenvalue weighted by Crippen LogP contribution is -2.20. The van der Waals surface area contributed by atoms with Crippen LogP contribution in [0.1, 0.15) is 31.7 Å². The number of amides is 1. The van der Waals surface area contributed by atoms with Crippen LogP contribution >= 0.6 is 11.6 Å². The highest BCUT2D eigenvalue weighted by molar-refractivity contribution is 6.31. The van der Waals surface area contributed by atoms with Gasteiger partial charge in [-0.15, -0.1) is 0 Å². The average molecular weight is 435 g/mol. The summed E-state index contributed by atoms with van der Waals surface area (Å²) in [6.07, 6.45) is 1.08. The van der Waals surface area contributed by atoms with E-state index in [4.69, 9.17) is 20.8 Å². The molecule has 1 atom stereocenters. The number of anilines is 1. The number of benzene rings is 3. The number of rotatable bonds is 7. The third-order valence-corrected chi connectivity index (χ3v) is 5.41. The Morgan fingerprint density at radius 3 is 2.71 bits per heavy atom. The summed E-state index contributed by atoms with van der Waals surface area (Å²) in [7, 11) is 0. The molecule has 0 aliphatic carbocycles.